The molecule has 0 unspecified atom stereocenters. The summed E-state index contributed by atoms with van der Waals surface area (Å²) >= 11 is 1.09. The third-order valence-electron chi connectivity index (χ3n) is 2.73. The molecular formula is C10H19N3OS. The minimum atomic E-state index is -0.748. The highest BCUT2D eigenvalue weighted by molar-refractivity contribution is 8.26. The zero-order chi connectivity index (χ0) is 11.4. The Bertz CT molecular complexity index is 249. The molecule has 1 aliphatic rings. The number of nitrogens with one attached hydrogen (secondary N) is 3. The maximum Gasteiger partial charge on any atom is 0.0989 e. The smallest absolute Gasteiger partial charge is 0.0989 e. The number of thioether (sulfide) groups is 1. The Hall–Kier alpha value is -0.390. The van der Waals surface area contributed by atoms with Gasteiger partial charge < -0.3 is 10.4 Å². The van der Waals surface area contributed by atoms with Crippen molar-refractivity contribution in [1.29, 1.82) is 10.8 Å². The third kappa shape index (κ3) is 3.93. The second-order valence-corrected chi connectivity index (χ2v) is 5.23. The van der Waals surface area contributed by atoms with E-state index in [4.69, 9.17) is 15.9 Å². The van der Waals surface area contributed by atoms with Crippen LogP contribution in [-0.2, 0) is 0 Å². The Balaban J connectivity index is 2.18. The van der Waals surface area contributed by atoms with Crippen LogP contribution in [0.25, 0.3) is 0 Å². The number of hydrogen-bond acceptors (Lipinski definition) is 5. The van der Waals surface area contributed by atoms with Gasteiger partial charge in [-0.25, -0.2) is 0 Å². The predicted octanol–water partition coefficient (Wildman–Crippen LogP) is 1.44. The van der Waals surface area contributed by atoms with Crippen molar-refractivity contribution in [3.8, 4) is 0 Å². The first-order valence-electron chi connectivity index (χ1n) is 5.22. The second-order valence-electron chi connectivity index (χ2n) is 4.09. The molecule has 15 heavy (non-hydrogen) atoms. The van der Waals surface area contributed by atoms with Gasteiger partial charge in [-0.15, -0.1) is 0 Å². The van der Waals surface area contributed by atoms with Crippen LogP contribution in [-0.4, -0.2) is 34.4 Å². The van der Waals surface area contributed by atoms with Gasteiger partial charge in [0, 0.05) is 6.04 Å². The van der Waals surface area contributed by atoms with Crippen molar-refractivity contribution in [3.05, 3.63) is 0 Å². The Kier molecular flexibility index (Phi) is 4.76. The lowest BCUT2D eigenvalue weighted by molar-refractivity contribution is 0.241. The lowest BCUT2D eigenvalue weighted by atomic mass is 9.78. The maximum atomic E-state index is 9.10. The van der Waals surface area contributed by atoms with Crippen LogP contribution in [0, 0.1) is 16.7 Å². The highest BCUT2D eigenvalue weighted by Gasteiger charge is 2.28. The van der Waals surface area contributed by atoms with Crippen LogP contribution in [0.3, 0.4) is 0 Å². The summed E-state index contributed by atoms with van der Waals surface area (Å²) in [6.45, 7) is 1.56. The summed E-state index contributed by atoms with van der Waals surface area (Å²) in [5, 5.41) is 28.1. The molecule has 1 aliphatic carbocycles. The SMILES string of the molecule is CN[C@H]1C[C@@H](CC(=N)SC(=N)[C@@H](C)O)C1. The molecule has 0 aromatic heterocycles. The van der Waals surface area contributed by atoms with E-state index in [0.717, 1.165) is 31.0 Å². The molecule has 4 N–H and O–H groups in total. The molecule has 1 rings (SSSR count). The largest absolute Gasteiger partial charge is 0.387 e. The number of aliphatic hydroxyl groups is 1. The van der Waals surface area contributed by atoms with Crippen LogP contribution in [0.2, 0.25) is 0 Å². The Labute approximate surface area is 94.9 Å². The Morgan fingerprint density at radius 1 is 1.53 bits per heavy atom. The van der Waals surface area contributed by atoms with E-state index < -0.39 is 6.10 Å². The van der Waals surface area contributed by atoms with Gasteiger partial charge in [0.25, 0.3) is 0 Å². The van der Waals surface area contributed by atoms with Gasteiger partial charge in [-0.05, 0) is 39.2 Å². The van der Waals surface area contributed by atoms with Crippen LogP contribution >= 0.6 is 11.8 Å². The summed E-state index contributed by atoms with van der Waals surface area (Å²) in [5.41, 5.74) is 0. The first-order valence-corrected chi connectivity index (χ1v) is 6.03. The fourth-order valence-electron chi connectivity index (χ4n) is 1.66. The molecule has 0 radical (unpaired) electrons. The quantitative estimate of drug-likeness (QED) is 0.435. The Morgan fingerprint density at radius 3 is 2.60 bits per heavy atom. The molecule has 0 spiro atoms. The highest BCUT2D eigenvalue weighted by Crippen LogP contribution is 2.31. The molecule has 5 heteroatoms. The topological polar surface area (TPSA) is 80.0 Å². The average molecular weight is 229 g/mol. The summed E-state index contributed by atoms with van der Waals surface area (Å²) in [6, 6.07) is 0.615. The van der Waals surface area contributed by atoms with Crippen molar-refractivity contribution in [3.63, 3.8) is 0 Å². The average Bonchev–Trinajstić information content (AvgIpc) is 2.10. The zero-order valence-electron chi connectivity index (χ0n) is 9.21. The van der Waals surface area contributed by atoms with E-state index in [1.54, 1.807) is 6.92 Å². The van der Waals surface area contributed by atoms with Crippen molar-refractivity contribution >= 4 is 21.8 Å². The van der Waals surface area contributed by atoms with Crippen LogP contribution in [0.4, 0.5) is 0 Å². The predicted molar refractivity (Wildman–Crippen MR) is 64.9 cm³/mol. The van der Waals surface area contributed by atoms with Gasteiger partial charge in [0.2, 0.25) is 0 Å². The molecule has 1 fully saturated rings. The minimum absolute atomic E-state index is 0.171. The van der Waals surface area contributed by atoms with Crippen molar-refractivity contribution in [1.82, 2.24) is 5.32 Å². The Morgan fingerprint density at radius 2 is 2.13 bits per heavy atom. The van der Waals surface area contributed by atoms with Gasteiger partial charge >= 0.3 is 0 Å². The molecule has 0 amide bonds. The van der Waals surface area contributed by atoms with Gasteiger partial charge in [-0.1, -0.05) is 11.8 Å². The van der Waals surface area contributed by atoms with E-state index in [-0.39, 0.29) is 5.04 Å². The van der Waals surface area contributed by atoms with Crippen LogP contribution in [0.15, 0.2) is 0 Å². The van der Waals surface area contributed by atoms with Crippen molar-refractivity contribution < 1.29 is 5.11 Å². The summed E-state index contributed by atoms with van der Waals surface area (Å²) in [4.78, 5) is 0. The number of hydrogen-bond donors (Lipinski definition) is 4. The highest BCUT2D eigenvalue weighted by atomic mass is 32.2. The third-order valence-corrected chi connectivity index (χ3v) is 3.70. The van der Waals surface area contributed by atoms with E-state index in [0.29, 0.717) is 17.0 Å². The normalized spacial score (nSPS) is 26.9. The molecule has 86 valence electrons. The molecular weight excluding hydrogens is 210 g/mol. The van der Waals surface area contributed by atoms with E-state index in [1.807, 2.05) is 7.05 Å². The fraction of sp³-hybridized carbons (Fsp3) is 0.800. The second kappa shape index (κ2) is 5.63. The summed E-state index contributed by atoms with van der Waals surface area (Å²) in [7, 11) is 1.96. The molecule has 1 atom stereocenters. The molecule has 1 saturated carbocycles. The molecule has 0 aromatic rings. The van der Waals surface area contributed by atoms with E-state index >= 15 is 0 Å². The van der Waals surface area contributed by atoms with E-state index in [2.05, 4.69) is 5.32 Å². The van der Waals surface area contributed by atoms with Crippen molar-refractivity contribution in [2.75, 3.05) is 7.05 Å². The molecule has 0 aromatic carbocycles. The maximum absolute atomic E-state index is 9.10. The monoisotopic (exact) mass is 229 g/mol. The van der Waals surface area contributed by atoms with E-state index in [9.17, 15) is 0 Å². The van der Waals surface area contributed by atoms with Gasteiger partial charge in [0.1, 0.15) is 0 Å². The summed E-state index contributed by atoms with van der Waals surface area (Å²) < 4.78 is 0. The van der Waals surface area contributed by atoms with Gasteiger partial charge in [-0.3, -0.25) is 10.8 Å². The summed E-state index contributed by atoms with van der Waals surface area (Å²) in [6.07, 6.45) is 2.25. The number of rotatable bonds is 4. The molecule has 0 aliphatic heterocycles. The van der Waals surface area contributed by atoms with E-state index in [1.165, 1.54) is 0 Å². The lowest BCUT2D eigenvalue weighted by Gasteiger charge is -2.35. The van der Waals surface area contributed by atoms with Crippen LogP contribution in [0.1, 0.15) is 26.2 Å². The number of aliphatic hydroxyl groups excluding tert-OH is 1. The van der Waals surface area contributed by atoms with Crippen molar-refractivity contribution in [2.45, 2.75) is 38.3 Å². The standard InChI is InChI=1S/C10H19N3OS/c1-6(14)10(12)15-9(11)5-7-3-8(4-7)13-2/h6-8,11-14H,3-5H2,1-2H3/t6-,7-,8+/m1/s1. The van der Waals surface area contributed by atoms with Crippen molar-refractivity contribution in [2.24, 2.45) is 5.92 Å². The first kappa shape index (κ1) is 12.7. The molecule has 0 bridgehead atoms. The van der Waals surface area contributed by atoms with Gasteiger partial charge in [-0.2, -0.15) is 0 Å². The molecule has 0 heterocycles. The molecule has 0 saturated heterocycles. The minimum Gasteiger partial charge on any atom is -0.387 e. The zero-order valence-corrected chi connectivity index (χ0v) is 10.0. The summed E-state index contributed by atoms with van der Waals surface area (Å²) in [5.74, 6) is 0.587. The van der Waals surface area contributed by atoms with Crippen LogP contribution < -0.4 is 5.32 Å². The lowest BCUT2D eigenvalue weighted by Crippen LogP contribution is -2.39. The fourth-order valence-corrected chi connectivity index (χ4v) is 2.41. The van der Waals surface area contributed by atoms with Gasteiger partial charge in [0.05, 0.1) is 16.2 Å². The van der Waals surface area contributed by atoms with Gasteiger partial charge in [0.15, 0.2) is 0 Å². The first-order chi connectivity index (χ1) is 7.02. The van der Waals surface area contributed by atoms with Crippen LogP contribution in [0.5, 0.6) is 0 Å². The molecule has 4 nitrogen and oxygen atoms in total.